The van der Waals surface area contributed by atoms with Crippen molar-refractivity contribution in [3.63, 3.8) is 0 Å². The number of aliphatic carboxylic acids is 1. The first-order chi connectivity index (χ1) is 16.2. The van der Waals surface area contributed by atoms with Crippen LogP contribution in [0.4, 0.5) is 17.6 Å². The average Bonchev–Trinajstić information content (AvgIpc) is 2.79. The largest absolute Gasteiger partial charge is 0.501 e. The molecule has 2 amide bonds. The molecule has 0 bridgehead atoms. The summed E-state index contributed by atoms with van der Waals surface area (Å²) in [6.07, 6.45) is -5.08. The Bertz CT molecular complexity index is 1170. The molecule has 1 saturated heterocycles. The van der Waals surface area contributed by atoms with E-state index >= 15 is 0 Å². The summed E-state index contributed by atoms with van der Waals surface area (Å²) in [5, 5.41) is 22.8. The molecule has 35 heavy (non-hydrogen) atoms. The van der Waals surface area contributed by atoms with Crippen molar-refractivity contribution in [2.75, 3.05) is 20.1 Å². The molecule has 15 heteroatoms. The van der Waals surface area contributed by atoms with Crippen LogP contribution in [-0.4, -0.2) is 68.8 Å². The van der Waals surface area contributed by atoms with Crippen LogP contribution < -0.4 is 16.2 Å². The molecule has 11 nitrogen and oxygen atoms in total. The van der Waals surface area contributed by atoms with Crippen molar-refractivity contribution in [3.05, 3.63) is 57.5 Å². The van der Waals surface area contributed by atoms with Gasteiger partial charge in [-0.05, 0) is 17.7 Å². The molecule has 3 rings (SSSR count). The number of benzene rings is 1. The molecule has 1 aliphatic rings. The molecule has 1 aromatic carbocycles. The zero-order valence-corrected chi connectivity index (χ0v) is 18.4. The van der Waals surface area contributed by atoms with Crippen LogP contribution in [0.1, 0.15) is 27.9 Å². The number of nitrogens with zero attached hydrogens (tertiary/aromatic N) is 3. The Morgan fingerprint density at radius 1 is 1.20 bits per heavy atom. The van der Waals surface area contributed by atoms with Crippen LogP contribution in [0.3, 0.4) is 0 Å². The third-order valence-corrected chi connectivity index (χ3v) is 4.82. The Morgan fingerprint density at radius 3 is 2.29 bits per heavy atom. The monoisotopic (exact) mass is 503 g/mol. The number of piperazine rings is 1. The molecule has 0 radical (unpaired) electrons. The molecule has 2 heterocycles. The predicted octanol–water partition coefficient (Wildman–Crippen LogP) is 0.291. The molecule has 1 atom stereocenters. The molecular weight excluding hydrogens is 482 g/mol. The van der Waals surface area contributed by atoms with E-state index in [2.05, 4.69) is 15.6 Å². The lowest BCUT2D eigenvalue weighted by atomic mass is 10.2. The molecular formula is C20H21F4N5O6. The molecule has 4 N–H and O–H groups in total. The SMILES string of the molecule is CN1CC(c2nc(C(=O)NCc3ccc(F)cc3)c(O)c(=O)n2C)NCC1=O.O=C(O)C(F)(F)F. The van der Waals surface area contributed by atoms with Crippen molar-refractivity contribution < 1.29 is 42.2 Å². The highest BCUT2D eigenvalue weighted by Gasteiger charge is 2.38. The zero-order valence-electron chi connectivity index (χ0n) is 18.4. The highest BCUT2D eigenvalue weighted by Crippen LogP contribution is 2.18. The van der Waals surface area contributed by atoms with Gasteiger partial charge >= 0.3 is 12.1 Å². The van der Waals surface area contributed by atoms with Gasteiger partial charge in [-0.1, -0.05) is 12.1 Å². The predicted molar refractivity (Wildman–Crippen MR) is 111 cm³/mol. The summed E-state index contributed by atoms with van der Waals surface area (Å²) in [5.41, 5.74) is -0.521. The molecule has 0 saturated carbocycles. The van der Waals surface area contributed by atoms with E-state index in [9.17, 15) is 37.1 Å². The maximum Gasteiger partial charge on any atom is 0.490 e. The Kier molecular flexibility index (Phi) is 8.52. The highest BCUT2D eigenvalue weighted by molar-refractivity contribution is 5.94. The summed E-state index contributed by atoms with van der Waals surface area (Å²) in [4.78, 5) is 51.1. The number of hydrogen-bond donors (Lipinski definition) is 4. The quantitative estimate of drug-likeness (QED) is 0.435. The van der Waals surface area contributed by atoms with Crippen molar-refractivity contribution in [2.45, 2.75) is 18.8 Å². The van der Waals surface area contributed by atoms with Gasteiger partial charge in [-0.25, -0.2) is 14.2 Å². The van der Waals surface area contributed by atoms with Gasteiger partial charge in [-0.2, -0.15) is 13.2 Å². The van der Waals surface area contributed by atoms with Gasteiger partial charge in [0.15, 0.2) is 5.69 Å². The molecule has 1 unspecified atom stereocenters. The fourth-order valence-corrected chi connectivity index (χ4v) is 2.90. The maximum absolute atomic E-state index is 13.0. The number of hydrogen-bond acceptors (Lipinski definition) is 7. The maximum atomic E-state index is 13.0. The summed E-state index contributed by atoms with van der Waals surface area (Å²) in [6, 6.07) is 5.08. The van der Waals surface area contributed by atoms with Crippen molar-refractivity contribution in [2.24, 2.45) is 7.05 Å². The number of carboxylic acid groups (broad SMARTS) is 1. The van der Waals surface area contributed by atoms with Crippen LogP contribution in [-0.2, 0) is 23.2 Å². The van der Waals surface area contributed by atoms with E-state index in [4.69, 9.17) is 9.90 Å². The van der Waals surface area contributed by atoms with Crippen molar-refractivity contribution in [3.8, 4) is 5.75 Å². The van der Waals surface area contributed by atoms with Gasteiger partial charge in [0.2, 0.25) is 11.7 Å². The van der Waals surface area contributed by atoms with Gasteiger partial charge < -0.3 is 20.4 Å². The molecule has 2 aromatic rings. The third kappa shape index (κ3) is 6.99. The van der Waals surface area contributed by atoms with Crippen LogP contribution in [0, 0.1) is 5.82 Å². The number of rotatable bonds is 4. The molecule has 1 aliphatic heterocycles. The summed E-state index contributed by atoms with van der Waals surface area (Å²) in [5.74, 6) is -4.52. The second kappa shape index (κ2) is 10.9. The van der Waals surface area contributed by atoms with Crippen molar-refractivity contribution in [1.29, 1.82) is 0 Å². The lowest BCUT2D eigenvalue weighted by molar-refractivity contribution is -0.192. The number of carbonyl (C=O) groups is 3. The summed E-state index contributed by atoms with van der Waals surface area (Å²) >= 11 is 0. The molecule has 1 fully saturated rings. The minimum absolute atomic E-state index is 0.0731. The molecule has 190 valence electrons. The van der Waals surface area contributed by atoms with E-state index in [0.29, 0.717) is 5.56 Å². The number of aromatic nitrogens is 2. The highest BCUT2D eigenvalue weighted by atomic mass is 19.4. The number of alkyl halides is 3. The van der Waals surface area contributed by atoms with Crippen molar-refractivity contribution >= 4 is 17.8 Å². The molecule has 1 aromatic heterocycles. The number of carbonyl (C=O) groups excluding carboxylic acids is 2. The van der Waals surface area contributed by atoms with E-state index in [-0.39, 0.29) is 31.4 Å². The summed E-state index contributed by atoms with van der Waals surface area (Å²) in [7, 11) is 3.06. The molecule has 0 aliphatic carbocycles. The Labute approximate surface area is 195 Å². The smallest absolute Gasteiger partial charge is 0.490 e. The fourth-order valence-electron chi connectivity index (χ4n) is 2.90. The third-order valence-electron chi connectivity index (χ3n) is 4.82. The lowest BCUT2D eigenvalue weighted by Crippen LogP contribution is -2.49. The van der Waals surface area contributed by atoms with Gasteiger partial charge in [-0.3, -0.25) is 24.3 Å². The van der Waals surface area contributed by atoms with E-state index < -0.39 is 46.9 Å². The number of halogens is 4. The van der Waals surface area contributed by atoms with Crippen LogP contribution in [0.15, 0.2) is 29.1 Å². The first-order valence-electron chi connectivity index (χ1n) is 9.82. The number of nitrogens with one attached hydrogen (secondary N) is 2. The topological polar surface area (TPSA) is 154 Å². The summed E-state index contributed by atoms with van der Waals surface area (Å²) in [6.45, 7) is 0.411. The van der Waals surface area contributed by atoms with Crippen LogP contribution in [0.2, 0.25) is 0 Å². The van der Waals surface area contributed by atoms with Gasteiger partial charge in [-0.15, -0.1) is 0 Å². The Balaban J connectivity index is 0.000000540. The fraction of sp³-hybridized carbons (Fsp3) is 0.350. The van der Waals surface area contributed by atoms with Gasteiger partial charge in [0.25, 0.3) is 11.5 Å². The Hall–Kier alpha value is -4.01. The summed E-state index contributed by atoms with van der Waals surface area (Å²) < 4.78 is 45.8. The minimum atomic E-state index is -5.08. The van der Waals surface area contributed by atoms with Crippen LogP contribution >= 0.6 is 0 Å². The lowest BCUT2D eigenvalue weighted by Gasteiger charge is -2.31. The number of aromatic hydroxyl groups is 1. The molecule has 0 spiro atoms. The van der Waals surface area contributed by atoms with E-state index in [1.165, 1.54) is 36.2 Å². The van der Waals surface area contributed by atoms with Gasteiger partial charge in [0.1, 0.15) is 11.6 Å². The number of amides is 2. The van der Waals surface area contributed by atoms with E-state index in [1.54, 1.807) is 7.05 Å². The van der Waals surface area contributed by atoms with E-state index in [1.807, 2.05) is 0 Å². The number of likely N-dealkylation sites (N-methyl/N-ethyl adjacent to an activating group) is 1. The zero-order chi connectivity index (χ0) is 26.5. The van der Waals surface area contributed by atoms with Gasteiger partial charge in [0, 0.05) is 27.2 Å². The van der Waals surface area contributed by atoms with E-state index in [0.717, 1.165) is 4.57 Å². The normalized spacial score (nSPS) is 15.8. The second-order valence-corrected chi connectivity index (χ2v) is 7.35. The van der Waals surface area contributed by atoms with Gasteiger partial charge in [0.05, 0.1) is 12.6 Å². The van der Waals surface area contributed by atoms with Crippen LogP contribution in [0.25, 0.3) is 0 Å². The first kappa shape index (κ1) is 27.2. The number of carboxylic acids is 1. The second-order valence-electron chi connectivity index (χ2n) is 7.35. The first-order valence-corrected chi connectivity index (χ1v) is 9.82. The average molecular weight is 503 g/mol. The van der Waals surface area contributed by atoms with Crippen LogP contribution in [0.5, 0.6) is 5.75 Å². The van der Waals surface area contributed by atoms with Crippen molar-refractivity contribution in [1.82, 2.24) is 25.1 Å². The standard InChI is InChI=1S/C18H20FN5O4.C2HF3O2/c1-23-9-12(20-8-13(23)25)16-22-14(15(26)18(28)24(16)2)17(27)21-7-10-3-5-11(19)6-4-10;3-2(4,5)1(6)7/h3-6,12,20,26H,7-9H2,1-2H3,(H,21,27);(H,6,7). The minimum Gasteiger partial charge on any atom is -0.501 e. The Morgan fingerprint density at radius 2 is 1.77 bits per heavy atom.